The molecule has 248 valence electrons. The molecule has 0 aliphatic carbocycles. The summed E-state index contributed by atoms with van der Waals surface area (Å²) >= 11 is 0. The predicted molar refractivity (Wildman–Crippen MR) is 143 cm³/mol. The van der Waals surface area contributed by atoms with E-state index in [9.17, 15) is 48.7 Å². The molecule has 2 atom stereocenters. The number of ether oxygens (including phenoxy) is 2. The van der Waals surface area contributed by atoms with Gasteiger partial charge in [-0.3, -0.25) is 9.80 Å². The number of benzene rings is 2. The second-order valence-electron chi connectivity index (χ2n) is 11.4. The Hall–Kier alpha value is -3.49. The normalized spacial score (nSPS) is 20.3. The van der Waals surface area contributed by atoms with Crippen molar-refractivity contribution in [3.63, 3.8) is 0 Å². The maximum absolute atomic E-state index is 14.8. The fourth-order valence-corrected chi connectivity index (χ4v) is 5.62. The Balaban J connectivity index is 1.76. The number of carbonyl (C=O) groups is 1. The highest BCUT2D eigenvalue weighted by Gasteiger charge is 2.44. The summed E-state index contributed by atoms with van der Waals surface area (Å²) in [5.41, 5.74) is -2.31. The van der Waals surface area contributed by atoms with E-state index >= 15 is 0 Å². The van der Waals surface area contributed by atoms with Gasteiger partial charge in [-0.15, -0.1) is 0 Å². The molecule has 0 bridgehead atoms. The van der Waals surface area contributed by atoms with Crippen LogP contribution in [0.15, 0.2) is 35.9 Å². The first kappa shape index (κ1) is 34.4. The van der Waals surface area contributed by atoms with Gasteiger partial charge in [-0.2, -0.15) is 39.5 Å². The second-order valence-corrected chi connectivity index (χ2v) is 11.4. The Bertz CT molecular complexity index is 1430. The minimum Gasteiger partial charge on any atom is -0.496 e. The van der Waals surface area contributed by atoms with E-state index in [2.05, 4.69) is 0 Å². The first-order valence-electron chi connectivity index (χ1n) is 13.8. The number of methoxy groups -OCH3 is 1. The van der Waals surface area contributed by atoms with Crippen molar-refractivity contribution in [2.45, 2.75) is 63.8 Å². The summed E-state index contributed by atoms with van der Waals surface area (Å²) in [5.74, 6) is -0.858. The highest BCUT2D eigenvalue weighted by Crippen LogP contribution is 2.42. The number of carbonyl (C=O) groups excluding carboxylic acids is 1. The number of rotatable bonds is 7. The van der Waals surface area contributed by atoms with Gasteiger partial charge in [-0.1, -0.05) is 13.8 Å². The van der Waals surface area contributed by atoms with Gasteiger partial charge < -0.3 is 9.47 Å². The van der Waals surface area contributed by atoms with E-state index in [-0.39, 0.29) is 49.4 Å². The minimum absolute atomic E-state index is 0.0197. The lowest BCUT2D eigenvalue weighted by molar-refractivity contribution is -0.145. The van der Waals surface area contributed by atoms with Crippen molar-refractivity contribution < 1.29 is 58.2 Å². The van der Waals surface area contributed by atoms with Crippen LogP contribution in [0.4, 0.5) is 48.7 Å². The summed E-state index contributed by atoms with van der Waals surface area (Å²) < 4.78 is 146. The van der Waals surface area contributed by atoms with E-state index in [1.54, 1.807) is 13.8 Å². The first-order valence-corrected chi connectivity index (χ1v) is 13.8. The number of hydrogen-bond donors (Lipinski definition) is 0. The fraction of sp³-hybridized carbons (Fsp3) is 0.500. The van der Waals surface area contributed by atoms with E-state index < -0.39 is 65.8 Å². The van der Waals surface area contributed by atoms with Crippen LogP contribution in [0.3, 0.4) is 0 Å². The Kier molecular flexibility index (Phi) is 9.45. The smallest absolute Gasteiger partial charge is 0.416 e. The average molecular weight is 657 g/mol. The molecular weight excluding hydrogens is 626 g/mol. The van der Waals surface area contributed by atoms with Gasteiger partial charge in [0.1, 0.15) is 17.7 Å². The van der Waals surface area contributed by atoms with E-state index in [0.29, 0.717) is 28.8 Å². The van der Waals surface area contributed by atoms with Crippen molar-refractivity contribution in [1.29, 1.82) is 0 Å². The van der Waals surface area contributed by atoms with Gasteiger partial charge in [0.15, 0.2) is 0 Å². The molecule has 0 saturated carbocycles. The Labute approximate surface area is 252 Å². The number of alkyl halides is 9. The minimum atomic E-state index is -5.12. The quantitative estimate of drug-likeness (QED) is 0.280. The van der Waals surface area contributed by atoms with Crippen LogP contribution in [0.5, 0.6) is 5.75 Å². The largest absolute Gasteiger partial charge is 0.496 e. The van der Waals surface area contributed by atoms with Crippen LogP contribution in [0.1, 0.15) is 67.0 Å². The molecule has 4 rings (SSSR count). The number of halogens is 10. The van der Waals surface area contributed by atoms with Crippen molar-refractivity contribution in [2.75, 3.05) is 33.3 Å². The zero-order valence-corrected chi connectivity index (χ0v) is 24.6. The molecule has 15 heteroatoms. The SMILES string of the molecule is COc1cc(F)c(C(C)C)cc1C1=C(CN2C(=O)OC(c3cc(C(F)(F)F)cc(C(F)(F)F)c3)C2C)CCN(CC(F)(F)F)C1. The highest BCUT2D eigenvalue weighted by molar-refractivity contribution is 5.78. The molecule has 0 aromatic heterocycles. The molecule has 45 heavy (non-hydrogen) atoms. The lowest BCUT2D eigenvalue weighted by Gasteiger charge is -2.34. The fourth-order valence-electron chi connectivity index (χ4n) is 5.62. The summed E-state index contributed by atoms with van der Waals surface area (Å²) in [6.07, 6.45) is -17.3. The topological polar surface area (TPSA) is 42.0 Å². The van der Waals surface area contributed by atoms with Gasteiger partial charge >= 0.3 is 24.6 Å². The van der Waals surface area contributed by atoms with E-state index in [1.165, 1.54) is 20.1 Å². The van der Waals surface area contributed by atoms with Gasteiger partial charge in [0.25, 0.3) is 0 Å². The third-order valence-corrected chi connectivity index (χ3v) is 7.90. The Morgan fingerprint density at radius 1 is 0.956 bits per heavy atom. The summed E-state index contributed by atoms with van der Waals surface area (Å²) in [6.45, 7) is 3.01. The molecule has 1 saturated heterocycles. The van der Waals surface area contributed by atoms with Crippen molar-refractivity contribution in [3.05, 3.63) is 69.5 Å². The van der Waals surface area contributed by atoms with Gasteiger partial charge in [-0.25, -0.2) is 9.18 Å². The van der Waals surface area contributed by atoms with Gasteiger partial charge in [0.05, 0.1) is 30.8 Å². The molecule has 0 spiro atoms. The number of hydrogen-bond acceptors (Lipinski definition) is 4. The standard InChI is InChI=1S/C30H30F10N2O3/c1-15(2)21-10-22(25(44-4)11-24(21)31)23-13-41(14-28(32,33)34)6-5-17(23)12-42-16(3)26(45-27(42)43)18-7-19(29(35,36)37)9-20(8-18)30(38,39)40/h7-11,15-16,26H,5-6,12-14H2,1-4H3. The molecule has 0 radical (unpaired) electrons. The van der Waals surface area contributed by atoms with Crippen molar-refractivity contribution in [1.82, 2.24) is 9.80 Å². The molecule has 2 unspecified atom stereocenters. The predicted octanol–water partition coefficient (Wildman–Crippen LogP) is 8.60. The zero-order valence-electron chi connectivity index (χ0n) is 24.6. The van der Waals surface area contributed by atoms with Crippen LogP contribution in [-0.2, 0) is 17.1 Å². The van der Waals surface area contributed by atoms with Gasteiger partial charge in [0.2, 0.25) is 0 Å². The molecule has 2 aliphatic heterocycles. The third kappa shape index (κ3) is 7.67. The van der Waals surface area contributed by atoms with Crippen LogP contribution >= 0.6 is 0 Å². The van der Waals surface area contributed by atoms with Crippen molar-refractivity contribution >= 4 is 11.7 Å². The van der Waals surface area contributed by atoms with E-state index in [4.69, 9.17) is 9.47 Å². The molecule has 5 nitrogen and oxygen atoms in total. The second kappa shape index (κ2) is 12.4. The molecule has 2 aromatic rings. The maximum atomic E-state index is 14.8. The Morgan fingerprint density at radius 3 is 2.07 bits per heavy atom. The maximum Gasteiger partial charge on any atom is 0.416 e. The summed E-state index contributed by atoms with van der Waals surface area (Å²) in [4.78, 5) is 15.3. The zero-order chi connectivity index (χ0) is 33.6. The first-order chi connectivity index (χ1) is 20.7. The summed E-state index contributed by atoms with van der Waals surface area (Å²) in [7, 11) is 1.26. The van der Waals surface area contributed by atoms with Gasteiger partial charge in [-0.05, 0) is 65.8 Å². The molecule has 2 aromatic carbocycles. The molecule has 1 amide bonds. The molecule has 2 aliphatic rings. The molecule has 0 N–H and O–H groups in total. The summed E-state index contributed by atoms with van der Waals surface area (Å²) in [6, 6.07) is 2.48. The van der Waals surface area contributed by atoms with Crippen molar-refractivity contribution in [3.8, 4) is 5.75 Å². The number of nitrogens with zero attached hydrogens (tertiary/aromatic N) is 2. The molecule has 1 fully saturated rings. The van der Waals surface area contributed by atoms with Crippen LogP contribution < -0.4 is 4.74 Å². The van der Waals surface area contributed by atoms with Gasteiger partial charge in [0, 0.05) is 31.3 Å². The van der Waals surface area contributed by atoms with E-state index in [0.717, 1.165) is 15.9 Å². The van der Waals surface area contributed by atoms with Crippen LogP contribution in [-0.4, -0.2) is 61.4 Å². The van der Waals surface area contributed by atoms with Crippen LogP contribution in [0, 0.1) is 5.82 Å². The number of cyclic esters (lactones) is 1. The van der Waals surface area contributed by atoms with Crippen molar-refractivity contribution in [2.24, 2.45) is 0 Å². The van der Waals surface area contributed by atoms with Crippen LogP contribution in [0.2, 0.25) is 0 Å². The molecular formula is C30H30F10N2O3. The number of amides is 1. The summed E-state index contributed by atoms with van der Waals surface area (Å²) in [5, 5.41) is 0. The molecule has 2 heterocycles. The average Bonchev–Trinajstić information content (AvgIpc) is 3.19. The highest BCUT2D eigenvalue weighted by atomic mass is 19.4. The van der Waals surface area contributed by atoms with Crippen LogP contribution in [0.25, 0.3) is 5.57 Å². The van der Waals surface area contributed by atoms with E-state index in [1.807, 2.05) is 0 Å². The lowest BCUT2D eigenvalue weighted by atomic mass is 9.89. The monoisotopic (exact) mass is 656 g/mol. The lowest BCUT2D eigenvalue weighted by Crippen LogP contribution is -2.41. The third-order valence-electron chi connectivity index (χ3n) is 7.90. The Morgan fingerprint density at radius 2 is 1.56 bits per heavy atom.